The van der Waals surface area contributed by atoms with Crippen molar-refractivity contribution in [2.75, 3.05) is 17.1 Å². The molecule has 1 aliphatic rings. The van der Waals surface area contributed by atoms with Crippen molar-refractivity contribution >= 4 is 50.7 Å². The van der Waals surface area contributed by atoms with Gasteiger partial charge in [0.25, 0.3) is 0 Å². The molecule has 1 aliphatic carbocycles. The summed E-state index contributed by atoms with van der Waals surface area (Å²) in [7, 11) is -3.78. The fraction of sp³-hybridized carbons (Fsp3) is 0.481. The smallest absolute Gasteiger partial charge is 0.244 e. The highest BCUT2D eigenvalue weighted by Crippen LogP contribution is 2.25. The van der Waals surface area contributed by atoms with Crippen molar-refractivity contribution in [3.05, 3.63) is 63.6 Å². The zero-order valence-electron chi connectivity index (χ0n) is 21.5. The van der Waals surface area contributed by atoms with Crippen molar-refractivity contribution in [3.8, 4) is 0 Å². The van der Waals surface area contributed by atoms with Crippen LogP contribution in [-0.2, 0) is 26.2 Å². The predicted molar refractivity (Wildman–Crippen MR) is 149 cm³/mol. The van der Waals surface area contributed by atoms with Crippen molar-refractivity contribution in [3.63, 3.8) is 0 Å². The molecular formula is C27H35Cl2N3O4S. The largest absolute Gasteiger partial charge is 0.352 e. The number of anilines is 1. The van der Waals surface area contributed by atoms with E-state index < -0.39 is 28.5 Å². The van der Waals surface area contributed by atoms with Gasteiger partial charge in [-0.15, -0.1) is 0 Å². The third-order valence-electron chi connectivity index (χ3n) is 6.69. The number of aryl methyl sites for hydroxylation is 1. The molecule has 0 aromatic heterocycles. The maximum Gasteiger partial charge on any atom is 0.244 e. The van der Waals surface area contributed by atoms with Gasteiger partial charge in [0, 0.05) is 22.6 Å². The number of halogens is 2. The fourth-order valence-corrected chi connectivity index (χ4v) is 5.94. The topological polar surface area (TPSA) is 86.8 Å². The highest BCUT2D eigenvalue weighted by atomic mass is 35.5. The first kappa shape index (κ1) is 29.3. The van der Waals surface area contributed by atoms with E-state index in [1.54, 1.807) is 42.5 Å². The van der Waals surface area contributed by atoms with Crippen molar-refractivity contribution in [2.45, 2.75) is 71.0 Å². The third kappa shape index (κ3) is 8.09. The van der Waals surface area contributed by atoms with Crippen LogP contribution in [-0.4, -0.2) is 50.0 Å². The zero-order chi connectivity index (χ0) is 27.2. The maximum absolute atomic E-state index is 13.8. The highest BCUT2D eigenvalue weighted by Gasteiger charge is 2.33. The molecule has 1 unspecified atom stereocenters. The van der Waals surface area contributed by atoms with Gasteiger partial charge in [-0.05, 0) is 56.0 Å². The minimum absolute atomic E-state index is 0.0386. The van der Waals surface area contributed by atoms with Gasteiger partial charge in [0.1, 0.15) is 12.6 Å². The van der Waals surface area contributed by atoms with E-state index in [9.17, 15) is 18.0 Å². The quantitative estimate of drug-likeness (QED) is 0.420. The summed E-state index contributed by atoms with van der Waals surface area (Å²) >= 11 is 12.5. The monoisotopic (exact) mass is 567 g/mol. The second kappa shape index (κ2) is 13.0. The van der Waals surface area contributed by atoms with Crippen LogP contribution in [0.5, 0.6) is 0 Å². The first-order chi connectivity index (χ1) is 17.5. The Hall–Kier alpha value is -2.29. The fourth-order valence-electron chi connectivity index (χ4n) is 4.62. The summed E-state index contributed by atoms with van der Waals surface area (Å²) in [4.78, 5) is 28.6. The number of rotatable bonds is 10. The molecule has 1 atom stereocenters. The number of hydrogen-bond acceptors (Lipinski definition) is 4. The number of nitrogens with one attached hydrogen (secondary N) is 1. The molecule has 0 bridgehead atoms. The average molecular weight is 569 g/mol. The lowest BCUT2D eigenvalue weighted by Gasteiger charge is -2.34. The molecule has 202 valence electrons. The van der Waals surface area contributed by atoms with E-state index in [1.807, 2.05) is 13.8 Å². The predicted octanol–water partition coefficient (Wildman–Crippen LogP) is 5.32. The number of carbonyl (C=O) groups is 2. The van der Waals surface area contributed by atoms with E-state index in [0.717, 1.165) is 48.2 Å². The number of hydrogen-bond donors (Lipinski definition) is 1. The summed E-state index contributed by atoms with van der Waals surface area (Å²) in [5.41, 5.74) is 1.96. The lowest BCUT2D eigenvalue weighted by molar-refractivity contribution is -0.140. The standard InChI is InChI=1S/C27H35Cl2N3O4S/c1-4-25(27(34)30-22-8-6-5-7-9-22)31(17-20-12-13-21(28)16-24(20)29)26(33)18-32(37(3,35)36)23-14-10-19(2)11-15-23/h10-16,22,25H,4-9,17-18H2,1-3H3,(H,30,34). The number of carbonyl (C=O) groups excluding carboxylic acids is 2. The molecule has 1 N–H and O–H groups in total. The van der Waals surface area contributed by atoms with E-state index in [-0.39, 0.29) is 18.5 Å². The number of sulfonamides is 1. The molecule has 0 radical (unpaired) electrons. The zero-order valence-corrected chi connectivity index (χ0v) is 23.9. The Bertz CT molecular complexity index is 1200. The van der Waals surface area contributed by atoms with Gasteiger partial charge in [-0.3, -0.25) is 13.9 Å². The van der Waals surface area contributed by atoms with Crippen molar-refractivity contribution in [2.24, 2.45) is 0 Å². The van der Waals surface area contributed by atoms with Crippen LogP contribution in [0.25, 0.3) is 0 Å². The molecule has 1 saturated carbocycles. The van der Waals surface area contributed by atoms with Gasteiger partial charge in [-0.25, -0.2) is 8.42 Å². The van der Waals surface area contributed by atoms with Gasteiger partial charge in [-0.2, -0.15) is 0 Å². The molecule has 2 amide bonds. The Morgan fingerprint density at radius 1 is 1.05 bits per heavy atom. The van der Waals surface area contributed by atoms with Crippen molar-refractivity contribution in [1.82, 2.24) is 10.2 Å². The van der Waals surface area contributed by atoms with E-state index in [0.29, 0.717) is 27.7 Å². The summed E-state index contributed by atoms with van der Waals surface area (Å²) in [5, 5.41) is 3.94. The number of nitrogens with zero attached hydrogens (tertiary/aromatic N) is 2. The second-order valence-electron chi connectivity index (χ2n) is 9.63. The van der Waals surface area contributed by atoms with Crippen LogP contribution in [0.2, 0.25) is 10.0 Å². The first-order valence-electron chi connectivity index (χ1n) is 12.6. The van der Waals surface area contributed by atoms with Crippen LogP contribution in [0.3, 0.4) is 0 Å². The van der Waals surface area contributed by atoms with Crippen molar-refractivity contribution in [1.29, 1.82) is 0 Å². The van der Waals surface area contributed by atoms with Gasteiger partial charge in [-0.1, -0.05) is 73.2 Å². The van der Waals surface area contributed by atoms with Crippen LogP contribution in [0.15, 0.2) is 42.5 Å². The van der Waals surface area contributed by atoms with E-state index in [4.69, 9.17) is 23.2 Å². The SMILES string of the molecule is CCC(C(=O)NC1CCCCC1)N(Cc1ccc(Cl)cc1Cl)C(=O)CN(c1ccc(C)cc1)S(C)(=O)=O. The molecule has 7 nitrogen and oxygen atoms in total. The normalized spacial score (nSPS) is 15.2. The van der Waals surface area contributed by atoms with Crippen LogP contribution in [0.1, 0.15) is 56.6 Å². The Morgan fingerprint density at radius 2 is 1.70 bits per heavy atom. The molecule has 2 aromatic rings. The van der Waals surface area contributed by atoms with Crippen molar-refractivity contribution < 1.29 is 18.0 Å². The molecule has 37 heavy (non-hydrogen) atoms. The Balaban J connectivity index is 1.93. The van der Waals surface area contributed by atoms with E-state index >= 15 is 0 Å². The molecule has 1 fully saturated rings. The average Bonchev–Trinajstić information content (AvgIpc) is 2.84. The Morgan fingerprint density at radius 3 is 2.27 bits per heavy atom. The maximum atomic E-state index is 13.8. The van der Waals surface area contributed by atoms with Crippen LogP contribution >= 0.6 is 23.2 Å². The summed E-state index contributed by atoms with van der Waals surface area (Å²) < 4.78 is 26.5. The van der Waals surface area contributed by atoms with E-state index in [2.05, 4.69) is 5.32 Å². The van der Waals surface area contributed by atoms with Gasteiger partial charge >= 0.3 is 0 Å². The Kier molecular flexibility index (Phi) is 10.3. The van der Waals surface area contributed by atoms with Crippen LogP contribution in [0, 0.1) is 6.92 Å². The molecular weight excluding hydrogens is 533 g/mol. The second-order valence-corrected chi connectivity index (χ2v) is 12.4. The minimum atomic E-state index is -3.78. The van der Waals surface area contributed by atoms with Gasteiger partial charge in [0.2, 0.25) is 21.8 Å². The molecule has 0 heterocycles. The summed E-state index contributed by atoms with van der Waals surface area (Å²) in [6.07, 6.45) is 6.52. The highest BCUT2D eigenvalue weighted by molar-refractivity contribution is 7.92. The Labute approximate surface area is 230 Å². The van der Waals surface area contributed by atoms with E-state index in [1.165, 1.54) is 4.90 Å². The molecule has 0 spiro atoms. The number of amides is 2. The molecule has 0 aliphatic heterocycles. The first-order valence-corrected chi connectivity index (χ1v) is 15.2. The summed E-state index contributed by atoms with van der Waals surface area (Å²) in [6, 6.07) is 11.2. The molecule has 0 saturated heterocycles. The lowest BCUT2D eigenvalue weighted by atomic mass is 9.95. The van der Waals surface area contributed by atoms with Crippen LogP contribution in [0.4, 0.5) is 5.69 Å². The van der Waals surface area contributed by atoms with Gasteiger partial charge in [0.15, 0.2) is 0 Å². The molecule has 3 rings (SSSR count). The molecule has 10 heteroatoms. The summed E-state index contributed by atoms with van der Waals surface area (Å²) in [6.45, 7) is 3.33. The third-order valence-corrected chi connectivity index (χ3v) is 8.42. The molecule has 2 aromatic carbocycles. The minimum Gasteiger partial charge on any atom is -0.352 e. The summed E-state index contributed by atoms with van der Waals surface area (Å²) in [5.74, 6) is -0.739. The lowest BCUT2D eigenvalue weighted by Crippen LogP contribution is -2.54. The van der Waals surface area contributed by atoms with Gasteiger partial charge in [0.05, 0.1) is 11.9 Å². The number of benzene rings is 2. The van der Waals surface area contributed by atoms with Crippen LogP contribution < -0.4 is 9.62 Å². The van der Waals surface area contributed by atoms with Gasteiger partial charge < -0.3 is 10.2 Å².